The highest BCUT2D eigenvalue weighted by atomic mass is 79.9. The van der Waals surface area contributed by atoms with Crippen LogP contribution in [0, 0.1) is 10.1 Å². The van der Waals surface area contributed by atoms with E-state index in [0.29, 0.717) is 18.9 Å². The van der Waals surface area contributed by atoms with Gasteiger partial charge in [0.1, 0.15) is 18.1 Å². The van der Waals surface area contributed by atoms with Gasteiger partial charge in [0.25, 0.3) is 5.69 Å². The van der Waals surface area contributed by atoms with Crippen molar-refractivity contribution in [2.75, 3.05) is 7.11 Å². The number of halogens is 1. The summed E-state index contributed by atoms with van der Waals surface area (Å²) in [7, 11) is 1.64. The van der Waals surface area contributed by atoms with Crippen LogP contribution in [-0.2, 0) is 13.2 Å². The van der Waals surface area contributed by atoms with Crippen molar-refractivity contribution in [2.24, 2.45) is 5.10 Å². The standard InChI is InChI=1S/C22H20BrN3O4/c1-29-21-5-3-2-4-18(21)14-25-24-13-17-8-11-22(20(23)12-17)30-15-16-6-9-19(10-7-16)26(27)28/h2-13,25H,14-15H2,1H3/b24-13+. The molecule has 0 unspecified atom stereocenters. The highest BCUT2D eigenvalue weighted by molar-refractivity contribution is 9.10. The number of nitro groups is 1. The lowest BCUT2D eigenvalue weighted by molar-refractivity contribution is -0.384. The fraction of sp³-hybridized carbons (Fsp3) is 0.136. The Balaban J connectivity index is 1.54. The van der Waals surface area contributed by atoms with Crippen molar-refractivity contribution in [3.05, 3.63) is 98.0 Å². The number of hydrogen-bond acceptors (Lipinski definition) is 6. The van der Waals surface area contributed by atoms with E-state index in [-0.39, 0.29) is 5.69 Å². The summed E-state index contributed by atoms with van der Waals surface area (Å²) in [5, 5.41) is 15.0. The highest BCUT2D eigenvalue weighted by Gasteiger charge is 2.06. The maximum Gasteiger partial charge on any atom is 0.269 e. The molecule has 7 nitrogen and oxygen atoms in total. The van der Waals surface area contributed by atoms with E-state index in [2.05, 4.69) is 26.5 Å². The van der Waals surface area contributed by atoms with Gasteiger partial charge in [-0.15, -0.1) is 0 Å². The quantitative estimate of drug-likeness (QED) is 0.268. The summed E-state index contributed by atoms with van der Waals surface area (Å²) >= 11 is 3.50. The zero-order chi connectivity index (χ0) is 21.3. The third-order valence-electron chi connectivity index (χ3n) is 4.26. The van der Waals surface area contributed by atoms with Crippen molar-refractivity contribution in [1.29, 1.82) is 0 Å². The molecule has 3 aromatic rings. The number of benzene rings is 3. The molecule has 0 aliphatic heterocycles. The lowest BCUT2D eigenvalue weighted by Gasteiger charge is -2.09. The Morgan fingerprint density at radius 1 is 1.10 bits per heavy atom. The lowest BCUT2D eigenvalue weighted by atomic mass is 10.2. The number of nitrogens with zero attached hydrogens (tertiary/aromatic N) is 2. The fourth-order valence-corrected chi connectivity index (χ4v) is 3.20. The second-order valence-electron chi connectivity index (χ2n) is 6.31. The van der Waals surface area contributed by atoms with Crippen LogP contribution in [0.2, 0.25) is 0 Å². The monoisotopic (exact) mass is 469 g/mol. The summed E-state index contributed by atoms with van der Waals surface area (Å²) in [5.41, 5.74) is 5.84. The van der Waals surface area contributed by atoms with Gasteiger partial charge in [0, 0.05) is 17.7 Å². The largest absolute Gasteiger partial charge is 0.496 e. The molecule has 0 aliphatic rings. The van der Waals surface area contributed by atoms with Gasteiger partial charge in [-0.2, -0.15) is 5.10 Å². The van der Waals surface area contributed by atoms with E-state index in [1.165, 1.54) is 12.1 Å². The van der Waals surface area contributed by atoms with Crippen molar-refractivity contribution in [3.63, 3.8) is 0 Å². The summed E-state index contributed by atoms with van der Waals surface area (Å²) in [4.78, 5) is 10.3. The normalized spacial score (nSPS) is 10.7. The molecule has 0 heterocycles. The Bertz CT molecular complexity index is 1040. The molecule has 0 amide bonds. The molecule has 8 heteroatoms. The first kappa shape index (κ1) is 21.3. The highest BCUT2D eigenvalue weighted by Crippen LogP contribution is 2.26. The van der Waals surface area contributed by atoms with Crippen LogP contribution < -0.4 is 14.9 Å². The molecule has 0 radical (unpaired) electrons. The number of nitrogens with one attached hydrogen (secondary N) is 1. The summed E-state index contributed by atoms with van der Waals surface area (Å²) in [6, 6.07) is 19.7. The van der Waals surface area contributed by atoms with E-state index in [1.54, 1.807) is 25.5 Å². The van der Waals surface area contributed by atoms with Gasteiger partial charge in [-0.05, 0) is 63.5 Å². The molecule has 0 fully saturated rings. The van der Waals surface area contributed by atoms with Gasteiger partial charge in [0.2, 0.25) is 0 Å². The number of hydrogen-bond donors (Lipinski definition) is 1. The second kappa shape index (κ2) is 10.4. The van der Waals surface area contributed by atoms with Crippen LogP contribution in [0.5, 0.6) is 11.5 Å². The number of methoxy groups -OCH3 is 1. The number of non-ortho nitro benzene ring substituents is 1. The minimum absolute atomic E-state index is 0.0582. The van der Waals surface area contributed by atoms with Crippen molar-refractivity contribution >= 4 is 27.8 Å². The maximum atomic E-state index is 10.7. The molecule has 1 N–H and O–H groups in total. The first-order chi connectivity index (χ1) is 14.6. The van der Waals surface area contributed by atoms with Crippen LogP contribution >= 0.6 is 15.9 Å². The Labute approximate surface area is 182 Å². The SMILES string of the molecule is COc1ccccc1CN/N=C/c1ccc(OCc2ccc([N+](=O)[O-])cc2)c(Br)c1. The second-order valence-corrected chi connectivity index (χ2v) is 7.16. The Hall–Kier alpha value is -3.39. The van der Waals surface area contributed by atoms with E-state index >= 15 is 0 Å². The number of rotatable bonds is 9. The molecule has 30 heavy (non-hydrogen) atoms. The van der Waals surface area contributed by atoms with Crippen LogP contribution in [0.4, 0.5) is 5.69 Å². The van der Waals surface area contributed by atoms with Gasteiger partial charge < -0.3 is 14.9 Å². The van der Waals surface area contributed by atoms with Crippen molar-refractivity contribution < 1.29 is 14.4 Å². The van der Waals surface area contributed by atoms with Crippen LogP contribution in [0.3, 0.4) is 0 Å². The van der Waals surface area contributed by atoms with Crippen LogP contribution in [0.15, 0.2) is 76.3 Å². The van der Waals surface area contributed by atoms with Crippen LogP contribution in [0.1, 0.15) is 16.7 Å². The van der Waals surface area contributed by atoms with Gasteiger partial charge in [0.05, 0.1) is 29.3 Å². The van der Waals surface area contributed by atoms with E-state index in [1.807, 2.05) is 42.5 Å². The van der Waals surface area contributed by atoms with E-state index in [0.717, 1.165) is 26.9 Å². The lowest BCUT2D eigenvalue weighted by Crippen LogP contribution is -2.06. The van der Waals surface area contributed by atoms with Crippen LogP contribution in [-0.4, -0.2) is 18.2 Å². The smallest absolute Gasteiger partial charge is 0.269 e. The minimum Gasteiger partial charge on any atom is -0.496 e. The van der Waals surface area contributed by atoms with Crippen molar-refractivity contribution in [3.8, 4) is 11.5 Å². The number of para-hydroxylation sites is 1. The topological polar surface area (TPSA) is 86.0 Å². The number of ether oxygens (including phenoxy) is 2. The molecule has 154 valence electrons. The van der Waals surface area contributed by atoms with E-state index in [4.69, 9.17) is 9.47 Å². The first-order valence-corrected chi connectivity index (χ1v) is 9.89. The average molecular weight is 470 g/mol. The molecule has 0 saturated carbocycles. The minimum atomic E-state index is -0.424. The van der Waals surface area contributed by atoms with Gasteiger partial charge >= 0.3 is 0 Å². The zero-order valence-electron chi connectivity index (χ0n) is 16.2. The molecule has 0 bridgehead atoms. The molecule has 0 aromatic heterocycles. The van der Waals surface area contributed by atoms with E-state index < -0.39 is 4.92 Å². The summed E-state index contributed by atoms with van der Waals surface area (Å²) in [6.45, 7) is 0.864. The maximum absolute atomic E-state index is 10.7. The molecule has 0 atom stereocenters. The summed E-state index contributed by atoms with van der Waals surface area (Å²) in [6.07, 6.45) is 1.72. The predicted octanol–water partition coefficient (Wildman–Crippen LogP) is 5.07. The first-order valence-electron chi connectivity index (χ1n) is 9.10. The molecular formula is C22H20BrN3O4. The Morgan fingerprint density at radius 2 is 1.87 bits per heavy atom. The Kier molecular flexibility index (Phi) is 7.40. The van der Waals surface area contributed by atoms with Gasteiger partial charge in [-0.1, -0.05) is 18.2 Å². The predicted molar refractivity (Wildman–Crippen MR) is 119 cm³/mol. The van der Waals surface area contributed by atoms with Gasteiger partial charge in [-0.3, -0.25) is 10.1 Å². The van der Waals surface area contributed by atoms with E-state index in [9.17, 15) is 10.1 Å². The number of hydrazone groups is 1. The molecule has 3 rings (SSSR count). The third kappa shape index (κ3) is 5.81. The summed E-state index contributed by atoms with van der Waals surface area (Å²) in [5.74, 6) is 1.49. The third-order valence-corrected chi connectivity index (χ3v) is 4.88. The fourth-order valence-electron chi connectivity index (χ4n) is 2.69. The molecule has 0 aliphatic carbocycles. The Morgan fingerprint density at radius 3 is 2.57 bits per heavy atom. The van der Waals surface area contributed by atoms with Gasteiger partial charge in [-0.25, -0.2) is 0 Å². The molecule has 0 saturated heterocycles. The summed E-state index contributed by atoms with van der Waals surface area (Å²) < 4.78 is 11.9. The van der Waals surface area contributed by atoms with Gasteiger partial charge in [0.15, 0.2) is 0 Å². The van der Waals surface area contributed by atoms with Crippen molar-refractivity contribution in [2.45, 2.75) is 13.2 Å². The molecule has 3 aromatic carbocycles. The number of nitro benzene ring substituents is 1. The average Bonchev–Trinajstić information content (AvgIpc) is 2.76. The van der Waals surface area contributed by atoms with Crippen LogP contribution in [0.25, 0.3) is 0 Å². The zero-order valence-corrected chi connectivity index (χ0v) is 17.8. The molecule has 0 spiro atoms. The van der Waals surface area contributed by atoms with Crippen molar-refractivity contribution in [1.82, 2.24) is 5.43 Å². The molecular weight excluding hydrogens is 450 g/mol.